The zero-order chi connectivity index (χ0) is 20.0. The van der Waals surface area contributed by atoms with Crippen LogP contribution in [-0.4, -0.2) is 29.6 Å². The van der Waals surface area contributed by atoms with Gasteiger partial charge in [-0.15, -0.1) is 0 Å². The van der Waals surface area contributed by atoms with Crippen molar-refractivity contribution in [1.29, 1.82) is 0 Å². The maximum atomic E-state index is 12.9. The van der Waals surface area contributed by atoms with Gasteiger partial charge in [-0.05, 0) is 56.2 Å². The Kier molecular flexibility index (Phi) is 6.87. The van der Waals surface area contributed by atoms with Crippen molar-refractivity contribution in [2.45, 2.75) is 40.4 Å². The van der Waals surface area contributed by atoms with E-state index in [0.717, 1.165) is 11.1 Å². The van der Waals surface area contributed by atoms with Crippen molar-refractivity contribution in [3.8, 4) is 5.75 Å². The predicted molar refractivity (Wildman–Crippen MR) is 102 cm³/mol. The van der Waals surface area contributed by atoms with E-state index in [-0.39, 0.29) is 18.4 Å². The summed E-state index contributed by atoms with van der Waals surface area (Å²) in [5, 5.41) is 5.43. The van der Waals surface area contributed by atoms with Crippen molar-refractivity contribution in [2.24, 2.45) is 0 Å². The van der Waals surface area contributed by atoms with Crippen molar-refractivity contribution in [3.63, 3.8) is 0 Å². The number of carbonyl (C=O) groups is 2. The molecule has 0 aliphatic carbocycles. The van der Waals surface area contributed by atoms with Crippen LogP contribution in [0.15, 0.2) is 30.3 Å². The lowest BCUT2D eigenvalue weighted by Crippen LogP contribution is -2.24. The molecule has 1 aromatic heterocycles. The quantitative estimate of drug-likeness (QED) is 0.780. The number of alkyl halides is 1. The largest absolute Gasteiger partial charge is 0.491 e. The Morgan fingerprint density at radius 3 is 2.59 bits per heavy atom. The van der Waals surface area contributed by atoms with Crippen LogP contribution in [0.3, 0.4) is 0 Å². The lowest BCUT2D eigenvalue weighted by atomic mass is 10.1. The average molecular weight is 373 g/mol. The van der Waals surface area contributed by atoms with E-state index >= 15 is 0 Å². The molecule has 2 amide bonds. The van der Waals surface area contributed by atoms with Gasteiger partial charge in [-0.2, -0.15) is 0 Å². The SMILES string of the molecule is CC(=O)Nc1cc(C(=O)NCc2ccc(OC[C@@H](C)F)cc2C)cc(C)n1. The van der Waals surface area contributed by atoms with Crippen LogP contribution in [0.2, 0.25) is 0 Å². The highest BCUT2D eigenvalue weighted by Crippen LogP contribution is 2.18. The molecule has 0 saturated heterocycles. The Balaban J connectivity index is 2.03. The van der Waals surface area contributed by atoms with E-state index in [2.05, 4.69) is 15.6 Å². The summed E-state index contributed by atoms with van der Waals surface area (Å²) in [5.41, 5.74) is 2.91. The van der Waals surface area contributed by atoms with Crippen molar-refractivity contribution in [2.75, 3.05) is 11.9 Å². The maximum absolute atomic E-state index is 12.9. The van der Waals surface area contributed by atoms with Crippen LogP contribution in [0.5, 0.6) is 5.75 Å². The molecule has 1 aromatic carbocycles. The minimum Gasteiger partial charge on any atom is -0.491 e. The van der Waals surface area contributed by atoms with E-state index < -0.39 is 6.17 Å². The third kappa shape index (κ3) is 6.36. The van der Waals surface area contributed by atoms with Gasteiger partial charge in [0.25, 0.3) is 5.91 Å². The van der Waals surface area contributed by atoms with Gasteiger partial charge < -0.3 is 15.4 Å². The van der Waals surface area contributed by atoms with Gasteiger partial charge in [0.05, 0.1) is 0 Å². The van der Waals surface area contributed by atoms with Gasteiger partial charge in [0.1, 0.15) is 24.3 Å². The Labute approximate surface area is 158 Å². The van der Waals surface area contributed by atoms with Crippen LogP contribution in [0, 0.1) is 13.8 Å². The number of benzene rings is 1. The van der Waals surface area contributed by atoms with Crippen molar-refractivity contribution in [3.05, 3.63) is 52.7 Å². The molecule has 27 heavy (non-hydrogen) atoms. The Morgan fingerprint density at radius 1 is 1.22 bits per heavy atom. The molecule has 2 aromatic rings. The van der Waals surface area contributed by atoms with E-state index in [9.17, 15) is 14.0 Å². The number of hydrogen-bond donors (Lipinski definition) is 2. The van der Waals surface area contributed by atoms with E-state index in [1.807, 2.05) is 19.1 Å². The third-order valence-corrected chi connectivity index (χ3v) is 3.75. The van der Waals surface area contributed by atoms with Gasteiger partial charge in [-0.1, -0.05) is 6.07 Å². The molecule has 7 heteroatoms. The second-order valence-corrected chi connectivity index (χ2v) is 6.43. The highest BCUT2D eigenvalue weighted by molar-refractivity contribution is 5.96. The number of rotatable bonds is 7. The van der Waals surface area contributed by atoms with Crippen molar-refractivity contribution >= 4 is 17.6 Å². The summed E-state index contributed by atoms with van der Waals surface area (Å²) in [6.07, 6.45) is -1.03. The molecule has 6 nitrogen and oxygen atoms in total. The maximum Gasteiger partial charge on any atom is 0.251 e. The van der Waals surface area contributed by atoms with E-state index in [1.165, 1.54) is 19.9 Å². The van der Waals surface area contributed by atoms with Crippen LogP contribution in [0.4, 0.5) is 10.2 Å². The first-order valence-corrected chi connectivity index (χ1v) is 8.65. The average Bonchev–Trinajstić information content (AvgIpc) is 2.57. The molecule has 2 N–H and O–H groups in total. The van der Waals surface area contributed by atoms with Crippen LogP contribution in [0.1, 0.15) is 41.0 Å². The van der Waals surface area contributed by atoms with Crippen LogP contribution < -0.4 is 15.4 Å². The molecule has 1 heterocycles. The van der Waals surface area contributed by atoms with Crippen LogP contribution >= 0.6 is 0 Å². The summed E-state index contributed by atoms with van der Waals surface area (Å²) in [6, 6.07) is 8.60. The van der Waals surface area contributed by atoms with Crippen LogP contribution in [0.25, 0.3) is 0 Å². The number of nitrogens with one attached hydrogen (secondary N) is 2. The second-order valence-electron chi connectivity index (χ2n) is 6.43. The van der Waals surface area contributed by atoms with Gasteiger partial charge >= 0.3 is 0 Å². The molecule has 0 unspecified atom stereocenters. The van der Waals surface area contributed by atoms with Gasteiger partial charge in [-0.25, -0.2) is 9.37 Å². The summed E-state index contributed by atoms with van der Waals surface area (Å²) >= 11 is 0. The summed E-state index contributed by atoms with van der Waals surface area (Å²) < 4.78 is 18.2. The smallest absolute Gasteiger partial charge is 0.251 e. The molecule has 0 bridgehead atoms. The first kappa shape index (κ1) is 20.4. The Morgan fingerprint density at radius 2 is 1.96 bits per heavy atom. The van der Waals surface area contributed by atoms with Gasteiger partial charge in [0.15, 0.2) is 0 Å². The molecular formula is C20H24FN3O3. The first-order valence-electron chi connectivity index (χ1n) is 8.65. The highest BCUT2D eigenvalue weighted by Gasteiger charge is 2.10. The fourth-order valence-corrected chi connectivity index (χ4v) is 2.49. The molecule has 1 atom stereocenters. The Hall–Kier alpha value is -2.96. The fourth-order valence-electron chi connectivity index (χ4n) is 2.49. The van der Waals surface area contributed by atoms with E-state index in [1.54, 1.807) is 19.1 Å². The topological polar surface area (TPSA) is 80.3 Å². The molecule has 0 aliphatic rings. The number of hydrogen-bond acceptors (Lipinski definition) is 4. The molecule has 2 rings (SSSR count). The highest BCUT2D eigenvalue weighted by atomic mass is 19.1. The summed E-state index contributed by atoms with van der Waals surface area (Å²) in [6.45, 7) is 6.82. The molecular weight excluding hydrogens is 349 g/mol. The molecule has 0 spiro atoms. The minimum atomic E-state index is -1.03. The van der Waals surface area contributed by atoms with Crippen LogP contribution in [-0.2, 0) is 11.3 Å². The summed E-state index contributed by atoms with van der Waals surface area (Å²) in [4.78, 5) is 27.8. The number of ether oxygens (including phenoxy) is 1. The molecule has 0 saturated carbocycles. The molecule has 0 fully saturated rings. The van der Waals surface area contributed by atoms with Gasteiger partial charge in [0.2, 0.25) is 5.91 Å². The summed E-state index contributed by atoms with van der Waals surface area (Å²) in [7, 11) is 0. The minimum absolute atomic E-state index is 0.00749. The lowest BCUT2D eigenvalue weighted by molar-refractivity contribution is -0.114. The van der Waals surface area contributed by atoms with Gasteiger partial charge in [-0.3, -0.25) is 9.59 Å². The number of pyridine rings is 1. The number of aryl methyl sites for hydroxylation is 2. The number of amides is 2. The molecule has 144 valence electrons. The third-order valence-electron chi connectivity index (χ3n) is 3.75. The number of nitrogens with zero attached hydrogens (tertiary/aromatic N) is 1. The zero-order valence-corrected chi connectivity index (χ0v) is 15.9. The zero-order valence-electron chi connectivity index (χ0n) is 15.9. The lowest BCUT2D eigenvalue weighted by Gasteiger charge is -2.12. The Bertz CT molecular complexity index is 837. The van der Waals surface area contributed by atoms with Gasteiger partial charge in [0, 0.05) is 24.7 Å². The predicted octanol–water partition coefficient (Wildman–Crippen LogP) is 3.32. The van der Waals surface area contributed by atoms with Crippen molar-refractivity contribution in [1.82, 2.24) is 10.3 Å². The standard InChI is InChI=1S/C20H24FN3O3/c1-12-7-18(27-11-13(2)21)6-5-16(12)10-22-20(26)17-8-14(3)23-19(9-17)24-15(4)25/h5-9,13H,10-11H2,1-4H3,(H,22,26)(H,23,24,25)/t13-/m1/s1. The molecule has 0 aliphatic heterocycles. The number of anilines is 1. The second kappa shape index (κ2) is 9.12. The first-order chi connectivity index (χ1) is 12.7. The summed E-state index contributed by atoms with van der Waals surface area (Å²) in [5.74, 6) is 0.418. The normalized spacial score (nSPS) is 11.6. The number of aromatic nitrogens is 1. The molecule has 0 radical (unpaired) electrons. The van der Waals surface area contributed by atoms with E-state index in [4.69, 9.17) is 4.74 Å². The van der Waals surface area contributed by atoms with Crippen molar-refractivity contribution < 1.29 is 18.7 Å². The number of carbonyl (C=O) groups excluding carboxylic acids is 2. The fraction of sp³-hybridized carbons (Fsp3) is 0.350. The monoisotopic (exact) mass is 373 g/mol. The van der Waals surface area contributed by atoms with E-state index in [0.29, 0.717) is 29.4 Å². The number of halogens is 1.